The molecule has 1 fully saturated rings. The molecule has 0 aliphatic heterocycles. The van der Waals surface area contributed by atoms with E-state index in [-0.39, 0.29) is 11.8 Å². The molecule has 0 radical (unpaired) electrons. The number of aromatic nitrogens is 7. The maximum Gasteiger partial charge on any atom is 0.227 e. The second-order valence-electron chi connectivity index (χ2n) is 10.0. The normalized spacial score (nSPS) is 14.2. The maximum absolute atomic E-state index is 12.8. The Labute approximate surface area is 224 Å². The highest BCUT2D eigenvalue weighted by atomic mass is 16.1. The van der Waals surface area contributed by atoms with Gasteiger partial charge in [-0.3, -0.25) is 24.8 Å². The van der Waals surface area contributed by atoms with Gasteiger partial charge in [-0.2, -0.15) is 5.10 Å². The van der Waals surface area contributed by atoms with Crippen LogP contribution in [0.15, 0.2) is 73.6 Å². The number of rotatable bonds is 5. The number of carbonyl (C=O) groups excluding carboxylic acids is 1. The number of hydrogen-bond donors (Lipinski definition) is 3. The van der Waals surface area contributed by atoms with E-state index in [4.69, 9.17) is 4.98 Å². The largest absolute Gasteiger partial charge is 0.352 e. The van der Waals surface area contributed by atoms with Crippen LogP contribution in [-0.2, 0) is 4.79 Å². The minimum absolute atomic E-state index is 0.0774. The lowest BCUT2D eigenvalue weighted by atomic mass is 9.88. The van der Waals surface area contributed by atoms with Crippen molar-refractivity contribution in [3.05, 3.63) is 73.6 Å². The number of nitrogens with zero attached hydrogens (tertiary/aromatic N) is 5. The summed E-state index contributed by atoms with van der Waals surface area (Å²) in [6.45, 7) is 0. The Hall–Kier alpha value is -4.92. The van der Waals surface area contributed by atoms with Gasteiger partial charge in [0, 0.05) is 47.2 Å². The van der Waals surface area contributed by atoms with Crippen LogP contribution in [0.3, 0.4) is 0 Å². The third kappa shape index (κ3) is 4.41. The Bertz CT molecular complexity index is 1800. The van der Waals surface area contributed by atoms with Crippen LogP contribution < -0.4 is 5.32 Å². The molecule has 0 aromatic carbocycles. The molecule has 0 unspecified atom stereocenters. The van der Waals surface area contributed by atoms with E-state index < -0.39 is 0 Å². The molecular weight excluding hydrogens is 488 g/mol. The molecule has 192 valence electrons. The van der Waals surface area contributed by atoms with Gasteiger partial charge in [0.25, 0.3) is 0 Å². The first-order valence-corrected chi connectivity index (χ1v) is 13.2. The number of H-pyrrole nitrogens is 2. The summed E-state index contributed by atoms with van der Waals surface area (Å²) < 4.78 is 0. The summed E-state index contributed by atoms with van der Waals surface area (Å²) in [4.78, 5) is 34.1. The van der Waals surface area contributed by atoms with Gasteiger partial charge >= 0.3 is 0 Å². The average Bonchev–Trinajstić information content (AvgIpc) is 3.62. The van der Waals surface area contributed by atoms with E-state index in [1.165, 1.54) is 6.42 Å². The Kier molecular flexibility index (Phi) is 5.81. The van der Waals surface area contributed by atoms with Crippen molar-refractivity contribution >= 4 is 33.5 Å². The number of hydrogen-bond acceptors (Lipinski definition) is 6. The van der Waals surface area contributed by atoms with Crippen molar-refractivity contribution < 1.29 is 4.79 Å². The highest BCUT2D eigenvalue weighted by Gasteiger charge is 2.21. The van der Waals surface area contributed by atoms with E-state index in [9.17, 15) is 4.79 Å². The Balaban J connectivity index is 1.23. The van der Waals surface area contributed by atoms with Gasteiger partial charge in [-0.05, 0) is 54.8 Å². The Morgan fingerprint density at radius 3 is 2.56 bits per heavy atom. The minimum atomic E-state index is 0.0774. The van der Waals surface area contributed by atoms with Crippen LogP contribution in [0.4, 0.5) is 5.69 Å². The van der Waals surface area contributed by atoms with Gasteiger partial charge in [0.05, 0.1) is 40.5 Å². The van der Waals surface area contributed by atoms with Crippen molar-refractivity contribution in [3.63, 3.8) is 0 Å². The van der Waals surface area contributed by atoms with Crippen LogP contribution in [0.5, 0.6) is 0 Å². The minimum Gasteiger partial charge on any atom is -0.352 e. The first-order chi connectivity index (χ1) is 19.2. The zero-order valence-corrected chi connectivity index (χ0v) is 21.2. The molecule has 6 aromatic rings. The predicted octanol–water partition coefficient (Wildman–Crippen LogP) is 6.14. The lowest BCUT2D eigenvalue weighted by Crippen LogP contribution is -2.24. The summed E-state index contributed by atoms with van der Waals surface area (Å²) in [5.74, 6) is 0.157. The molecule has 9 nitrogen and oxygen atoms in total. The first-order valence-electron chi connectivity index (χ1n) is 13.2. The van der Waals surface area contributed by atoms with Crippen molar-refractivity contribution in [1.29, 1.82) is 0 Å². The molecule has 39 heavy (non-hydrogen) atoms. The van der Waals surface area contributed by atoms with Crippen molar-refractivity contribution in [1.82, 2.24) is 35.1 Å². The zero-order chi connectivity index (χ0) is 26.2. The monoisotopic (exact) mass is 514 g/mol. The van der Waals surface area contributed by atoms with Gasteiger partial charge in [0.1, 0.15) is 11.2 Å². The third-order valence-corrected chi connectivity index (χ3v) is 7.48. The van der Waals surface area contributed by atoms with E-state index in [1.54, 1.807) is 24.8 Å². The molecule has 6 heterocycles. The van der Waals surface area contributed by atoms with E-state index in [0.717, 1.165) is 81.4 Å². The van der Waals surface area contributed by atoms with Crippen LogP contribution in [-0.4, -0.2) is 41.0 Å². The van der Waals surface area contributed by atoms with Crippen LogP contribution in [0.25, 0.3) is 55.7 Å². The second kappa shape index (κ2) is 9.75. The molecule has 1 aliphatic rings. The van der Waals surface area contributed by atoms with E-state index in [0.29, 0.717) is 5.69 Å². The lowest BCUT2D eigenvalue weighted by molar-refractivity contribution is -0.120. The summed E-state index contributed by atoms with van der Waals surface area (Å²) in [7, 11) is 0. The summed E-state index contributed by atoms with van der Waals surface area (Å²) in [6, 6.07) is 11.9. The molecule has 0 spiro atoms. The first kappa shape index (κ1) is 23.2. The van der Waals surface area contributed by atoms with Gasteiger partial charge in [0.2, 0.25) is 5.91 Å². The zero-order valence-electron chi connectivity index (χ0n) is 21.2. The summed E-state index contributed by atoms with van der Waals surface area (Å²) in [5, 5.41) is 11.8. The number of carbonyl (C=O) groups is 1. The topological polar surface area (TPSA) is 125 Å². The van der Waals surface area contributed by atoms with Crippen molar-refractivity contribution in [3.8, 4) is 33.8 Å². The van der Waals surface area contributed by atoms with Crippen molar-refractivity contribution in [2.75, 3.05) is 5.32 Å². The summed E-state index contributed by atoms with van der Waals surface area (Å²) >= 11 is 0. The molecule has 7 rings (SSSR count). The summed E-state index contributed by atoms with van der Waals surface area (Å²) in [6.07, 6.45) is 16.0. The van der Waals surface area contributed by atoms with Gasteiger partial charge in [-0.15, -0.1) is 0 Å². The number of aromatic amines is 2. The predicted molar refractivity (Wildman–Crippen MR) is 151 cm³/mol. The molecular formula is C30H26N8O. The molecule has 0 atom stereocenters. The van der Waals surface area contributed by atoms with Gasteiger partial charge in [-0.25, -0.2) is 4.98 Å². The maximum atomic E-state index is 12.8. The van der Waals surface area contributed by atoms with Gasteiger partial charge in [0.15, 0.2) is 0 Å². The number of fused-ring (bicyclic) bond motifs is 2. The summed E-state index contributed by atoms with van der Waals surface area (Å²) in [5.41, 5.74) is 8.38. The third-order valence-electron chi connectivity index (χ3n) is 7.48. The Morgan fingerprint density at radius 2 is 1.69 bits per heavy atom. The quantitative estimate of drug-likeness (QED) is 0.254. The van der Waals surface area contributed by atoms with Gasteiger partial charge in [-0.1, -0.05) is 19.3 Å². The molecule has 0 bridgehead atoms. The van der Waals surface area contributed by atoms with Crippen LogP contribution in [0.1, 0.15) is 32.1 Å². The van der Waals surface area contributed by atoms with Gasteiger partial charge < -0.3 is 10.3 Å². The fourth-order valence-corrected chi connectivity index (χ4v) is 5.45. The fourth-order valence-electron chi connectivity index (χ4n) is 5.45. The van der Waals surface area contributed by atoms with Crippen molar-refractivity contribution in [2.45, 2.75) is 32.1 Å². The van der Waals surface area contributed by atoms with Crippen LogP contribution in [0, 0.1) is 5.92 Å². The molecule has 3 N–H and O–H groups in total. The standard InChI is InChI=1S/C30H26N8O/c39-30(19-4-2-1-3-5-19)34-21-12-20(14-32-15-21)24-6-7-25-28(36-24)29(38-37-25)26-13-22-23(16-33-17-27(22)35-26)18-8-10-31-11-9-18/h6-17,19,35H,1-5H2,(H,34,39)(H,37,38). The molecule has 0 saturated heterocycles. The van der Waals surface area contributed by atoms with E-state index in [1.807, 2.05) is 42.7 Å². The molecule has 9 heteroatoms. The number of pyridine rings is 4. The fraction of sp³-hybridized carbons (Fsp3) is 0.200. The molecule has 1 saturated carbocycles. The van der Waals surface area contributed by atoms with Crippen LogP contribution in [0.2, 0.25) is 0 Å². The number of anilines is 1. The number of nitrogens with one attached hydrogen (secondary N) is 3. The Morgan fingerprint density at radius 1 is 0.846 bits per heavy atom. The van der Waals surface area contributed by atoms with Crippen LogP contribution >= 0.6 is 0 Å². The molecule has 1 amide bonds. The van der Waals surface area contributed by atoms with E-state index in [2.05, 4.69) is 41.5 Å². The lowest BCUT2D eigenvalue weighted by Gasteiger charge is -2.20. The highest BCUT2D eigenvalue weighted by Crippen LogP contribution is 2.34. The second-order valence-corrected chi connectivity index (χ2v) is 10.0. The van der Waals surface area contributed by atoms with E-state index >= 15 is 0 Å². The molecule has 1 aliphatic carbocycles. The van der Waals surface area contributed by atoms with Crippen molar-refractivity contribution in [2.24, 2.45) is 5.92 Å². The number of amides is 1. The molecule has 6 aromatic heterocycles. The highest BCUT2D eigenvalue weighted by molar-refractivity contribution is 6.00. The SMILES string of the molecule is O=C(Nc1cncc(-c2ccc3[nH]nc(-c4cc5c(-c6ccncc6)cncc5[nH]4)c3n2)c1)C1CCCCC1. The smallest absolute Gasteiger partial charge is 0.227 e. The average molecular weight is 515 g/mol.